The average molecular weight is 223 g/mol. The summed E-state index contributed by atoms with van der Waals surface area (Å²) in [5, 5.41) is 0.453. The van der Waals surface area contributed by atoms with Crippen LogP contribution in [0, 0.1) is 5.82 Å². The Morgan fingerprint density at radius 2 is 2.17 bits per heavy atom. The van der Waals surface area contributed by atoms with E-state index in [4.69, 9.17) is 11.6 Å². The number of benzene rings is 1. The Hall–Kier alpha value is 0.140. The number of halogens is 2. The highest BCUT2D eigenvalue weighted by Gasteiger charge is 1.99. The molecule has 0 aliphatic carbocycles. The van der Waals surface area contributed by atoms with Gasteiger partial charge in [0.05, 0.1) is 0 Å². The largest absolute Gasteiger partial charge is 0.207 e. The quantitative estimate of drug-likeness (QED) is 0.702. The molecule has 0 saturated carbocycles. The molecule has 0 aliphatic heterocycles. The predicted octanol–water partition coefficient (Wildman–Crippen LogP) is 4.24. The van der Waals surface area contributed by atoms with Gasteiger partial charge in [0.15, 0.2) is 0 Å². The van der Waals surface area contributed by atoms with Crippen molar-refractivity contribution in [2.24, 2.45) is 0 Å². The minimum Gasteiger partial charge on any atom is -0.207 e. The van der Waals surface area contributed by atoms with Crippen LogP contribution in [-0.2, 0) is 0 Å². The third-order valence-corrected chi connectivity index (χ3v) is 3.75. The SMILES string of the molecule is CCSSc1cc(F)cc(Cl)c1. The lowest BCUT2D eigenvalue weighted by Gasteiger charge is -1.99. The first-order chi connectivity index (χ1) is 5.72. The van der Waals surface area contributed by atoms with Gasteiger partial charge in [-0.3, -0.25) is 0 Å². The molecule has 1 aromatic carbocycles. The number of hydrogen-bond donors (Lipinski definition) is 0. The van der Waals surface area contributed by atoms with Gasteiger partial charge in [-0.05, 0) is 18.2 Å². The second kappa shape index (κ2) is 5.00. The second-order valence-corrected chi connectivity index (χ2v) is 5.19. The molecule has 12 heavy (non-hydrogen) atoms. The molecule has 0 spiro atoms. The standard InChI is InChI=1S/C8H8ClFS2/c1-2-11-12-8-4-6(9)3-7(10)5-8/h3-5H,2H2,1H3. The minimum atomic E-state index is -0.276. The van der Waals surface area contributed by atoms with E-state index in [-0.39, 0.29) is 5.82 Å². The smallest absolute Gasteiger partial charge is 0.125 e. The van der Waals surface area contributed by atoms with Gasteiger partial charge in [-0.25, -0.2) is 4.39 Å². The first kappa shape index (κ1) is 10.2. The Labute approximate surface area is 84.3 Å². The van der Waals surface area contributed by atoms with Crippen LogP contribution in [0.5, 0.6) is 0 Å². The van der Waals surface area contributed by atoms with Crippen LogP contribution in [-0.4, -0.2) is 5.75 Å². The molecule has 66 valence electrons. The van der Waals surface area contributed by atoms with Gasteiger partial charge in [0, 0.05) is 15.7 Å². The zero-order chi connectivity index (χ0) is 8.97. The van der Waals surface area contributed by atoms with E-state index in [1.807, 2.05) is 0 Å². The maximum absolute atomic E-state index is 12.7. The van der Waals surface area contributed by atoms with Crippen LogP contribution in [0.25, 0.3) is 0 Å². The van der Waals surface area contributed by atoms with Crippen LogP contribution < -0.4 is 0 Å². The van der Waals surface area contributed by atoms with E-state index >= 15 is 0 Å². The van der Waals surface area contributed by atoms with E-state index in [1.54, 1.807) is 27.7 Å². The van der Waals surface area contributed by atoms with Gasteiger partial charge in [0.1, 0.15) is 5.82 Å². The number of rotatable bonds is 3. The molecule has 0 aliphatic rings. The van der Waals surface area contributed by atoms with Crippen molar-refractivity contribution in [3.8, 4) is 0 Å². The summed E-state index contributed by atoms with van der Waals surface area (Å²) >= 11 is 5.67. The fourth-order valence-electron chi connectivity index (χ4n) is 0.704. The van der Waals surface area contributed by atoms with E-state index < -0.39 is 0 Å². The molecular formula is C8H8ClFS2. The van der Waals surface area contributed by atoms with E-state index in [0.717, 1.165) is 10.6 Å². The highest BCUT2D eigenvalue weighted by molar-refractivity contribution is 8.76. The second-order valence-electron chi connectivity index (χ2n) is 2.10. The predicted molar refractivity (Wildman–Crippen MR) is 55.4 cm³/mol. The van der Waals surface area contributed by atoms with Crippen molar-refractivity contribution in [1.82, 2.24) is 0 Å². The summed E-state index contributed by atoms with van der Waals surface area (Å²) in [6.07, 6.45) is 0. The summed E-state index contributed by atoms with van der Waals surface area (Å²) in [6.45, 7) is 2.05. The van der Waals surface area contributed by atoms with Crippen molar-refractivity contribution in [3.63, 3.8) is 0 Å². The molecule has 0 saturated heterocycles. The first-order valence-corrected chi connectivity index (χ1v) is 6.17. The highest BCUT2D eigenvalue weighted by atomic mass is 35.5. The highest BCUT2D eigenvalue weighted by Crippen LogP contribution is 2.32. The molecule has 0 N–H and O–H groups in total. The van der Waals surface area contributed by atoms with E-state index in [1.165, 1.54) is 12.1 Å². The molecule has 0 heterocycles. The van der Waals surface area contributed by atoms with Crippen LogP contribution in [0.3, 0.4) is 0 Å². The summed E-state index contributed by atoms with van der Waals surface area (Å²) in [4.78, 5) is 0.867. The van der Waals surface area contributed by atoms with Crippen molar-refractivity contribution >= 4 is 33.2 Å². The van der Waals surface area contributed by atoms with Gasteiger partial charge in [0.25, 0.3) is 0 Å². The summed E-state index contributed by atoms with van der Waals surface area (Å²) in [7, 11) is 3.21. The maximum Gasteiger partial charge on any atom is 0.125 e. The van der Waals surface area contributed by atoms with Gasteiger partial charge in [0.2, 0.25) is 0 Å². The van der Waals surface area contributed by atoms with E-state index in [0.29, 0.717) is 5.02 Å². The summed E-state index contributed by atoms with van der Waals surface area (Å²) in [6, 6.07) is 4.55. The van der Waals surface area contributed by atoms with Crippen LogP contribution in [0.1, 0.15) is 6.92 Å². The molecular weight excluding hydrogens is 215 g/mol. The lowest BCUT2D eigenvalue weighted by Crippen LogP contribution is -1.75. The van der Waals surface area contributed by atoms with Crippen LogP contribution in [0.15, 0.2) is 23.1 Å². The Balaban J connectivity index is 2.72. The molecule has 0 nitrogen and oxygen atoms in total. The van der Waals surface area contributed by atoms with Crippen molar-refractivity contribution in [2.45, 2.75) is 11.8 Å². The molecule has 4 heteroatoms. The molecule has 0 amide bonds. The van der Waals surface area contributed by atoms with Gasteiger partial charge < -0.3 is 0 Å². The van der Waals surface area contributed by atoms with E-state index in [2.05, 4.69) is 6.92 Å². The van der Waals surface area contributed by atoms with Crippen molar-refractivity contribution in [3.05, 3.63) is 29.0 Å². The van der Waals surface area contributed by atoms with Gasteiger partial charge in [-0.15, -0.1) is 0 Å². The number of hydrogen-bond acceptors (Lipinski definition) is 2. The fourth-order valence-corrected chi connectivity index (χ4v) is 2.63. The lowest BCUT2D eigenvalue weighted by atomic mass is 10.3. The summed E-state index contributed by atoms with van der Waals surface area (Å²) in [5.41, 5.74) is 0. The van der Waals surface area contributed by atoms with Gasteiger partial charge >= 0.3 is 0 Å². The molecule has 0 atom stereocenters. The molecule has 0 fully saturated rings. The van der Waals surface area contributed by atoms with Crippen molar-refractivity contribution in [2.75, 3.05) is 5.75 Å². The summed E-state index contributed by atoms with van der Waals surface area (Å²) in [5.74, 6) is 0.723. The topological polar surface area (TPSA) is 0 Å². The zero-order valence-electron chi connectivity index (χ0n) is 6.51. The fraction of sp³-hybridized carbons (Fsp3) is 0.250. The molecule has 0 radical (unpaired) electrons. The van der Waals surface area contributed by atoms with Crippen molar-refractivity contribution in [1.29, 1.82) is 0 Å². The monoisotopic (exact) mass is 222 g/mol. The Kier molecular flexibility index (Phi) is 4.26. The van der Waals surface area contributed by atoms with E-state index in [9.17, 15) is 4.39 Å². The Bertz CT molecular complexity index is 245. The Morgan fingerprint density at radius 1 is 1.42 bits per heavy atom. The summed E-state index contributed by atoms with van der Waals surface area (Å²) < 4.78 is 12.7. The first-order valence-electron chi connectivity index (χ1n) is 3.48. The molecule has 1 rings (SSSR count). The maximum atomic E-state index is 12.7. The molecule has 0 bridgehead atoms. The molecule has 0 aromatic heterocycles. The zero-order valence-corrected chi connectivity index (χ0v) is 8.90. The Morgan fingerprint density at radius 3 is 2.75 bits per heavy atom. The van der Waals surface area contributed by atoms with Crippen LogP contribution in [0.2, 0.25) is 5.02 Å². The normalized spacial score (nSPS) is 10.2. The van der Waals surface area contributed by atoms with Crippen LogP contribution >= 0.6 is 33.2 Å². The van der Waals surface area contributed by atoms with Crippen LogP contribution in [0.4, 0.5) is 4.39 Å². The van der Waals surface area contributed by atoms with Gasteiger partial charge in [-0.2, -0.15) is 0 Å². The average Bonchev–Trinajstić information content (AvgIpc) is 1.99. The van der Waals surface area contributed by atoms with Crippen molar-refractivity contribution < 1.29 is 4.39 Å². The third kappa shape index (κ3) is 3.25. The lowest BCUT2D eigenvalue weighted by molar-refractivity contribution is 0.624. The third-order valence-electron chi connectivity index (χ3n) is 1.11. The molecule has 0 unspecified atom stereocenters. The van der Waals surface area contributed by atoms with Gasteiger partial charge in [-0.1, -0.05) is 40.1 Å². The molecule has 1 aromatic rings. The minimum absolute atomic E-state index is 0.276.